The van der Waals surface area contributed by atoms with Gasteiger partial charge in [0.15, 0.2) is 0 Å². The zero-order chi connectivity index (χ0) is 20.8. The first-order valence-corrected chi connectivity index (χ1v) is 8.72. The average Bonchev–Trinajstić information content (AvgIpc) is 2.63. The van der Waals surface area contributed by atoms with Gasteiger partial charge in [0.1, 0.15) is 23.3 Å². The van der Waals surface area contributed by atoms with Crippen molar-refractivity contribution in [1.29, 1.82) is 5.41 Å². The molecule has 1 unspecified atom stereocenters. The molecule has 2 aromatic rings. The molecule has 7 heteroatoms. The molecule has 0 saturated heterocycles. The van der Waals surface area contributed by atoms with Crippen molar-refractivity contribution in [3.8, 4) is 0 Å². The van der Waals surface area contributed by atoms with Crippen LogP contribution >= 0.6 is 0 Å². The minimum absolute atomic E-state index is 0.00453. The summed E-state index contributed by atoms with van der Waals surface area (Å²) in [6, 6.07) is 7.36. The van der Waals surface area contributed by atoms with Crippen molar-refractivity contribution in [2.75, 3.05) is 7.05 Å². The Balaban J connectivity index is 2.51. The summed E-state index contributed by atoms with van der Waals surface area (Å²) < 4.78 is 41.0. The molecule has 4 nitrogen and oxygen atoms in total. The summed E-state index contributed by atoms with van der Waals surface area (Å²) in [5, 5.41) is 10.6. The van der Waals surface area contributed by atoms with Crippen LogP contribution in [-0.4, -0.2) is 25.1 Å². The van der Waals surface area contributed by atoms with E-state index in [4.69, 9.17) is 11.1 Å². The molecule has 0 aliphatic heterocycles. The van der Waals surface area contributed by atoms with Crippen LogP contribution in [0, 0.1) is 22.9 Å². The third-order valence-corrected chi connectivity index (χ3v) is 4.38. The summed E-state index contributed by atoms with van der Waals surface area (Å²) in [4.78, 5) is 4.44. The highest BCUT2D eigenvalue weighted by molar-refractivity contribution is 5.96. The summed E-state index contributed by atoms with van der Waals surface area (Å²) in [5.74, 6) is -2.23. The van der Waals surface area contributed by atoms with E-state index in [0.717, 1.165) is 11.6 Å². The van der Waals surface area contributed by atoms with Crippen molar-refractivity contribution in [3.63, 3.8) is 0 Å². The van der Waals surface area contributed by atoms with E-state index in [0.29, 0.717) is 23.2 Å². The Morgan fingerprint density at radius 2 is 1.82 bits per heavy atom. The molecule has 4 N–H and O–H groups in total. The molecule has 0 saturated carbocycles. The van der Waals surface area contributed by atoms with Crippen LogP contribution in [0.15, 0.2) is 47.1 Å². The normalized spacial score (nSPS) is 13.5. The number of hydrogen-bond acceptors (Lipinski definition) is 3. The Labute approximate surface area is 162 Å². The third-order valence-electron chi connectivity index (χ3n) is 4.38. The van der Waals surface area contributed by atoms with Crippen LogP contribution < -0.4 is 11.1 Å². The molecule has 0 spiro atoms. The number of amidine groups is 1. The lowest BCUT2D eigenvalue weighted by Crippen LogP contribution is -2.30. The van der Waals surface area contributed by atoms with E-state index in [1.807, 2.05) is 6.92 Å². The number of nitrogens with two attached hydrogens (primary N) is 1. The number of likely N-dealkylation sites (N-methyl/N-ethyl adjacent to an activating group) is 1. The van der Waals surface area contributed by atoms with Crippen molar-refractivity contribution in [2.24, 2.45) is 10.7 Å². The first-order valence-electron chi connectivity index (χ1n) is 8.72. The third kappa shape index (κ3) is 5.07. The predicted octanol–water partition coefficient (Wildman–Crippen LogP) is 4.04. The highest BCUT2D eigenvalue weighted by atomic mass is 19.1. The Hall–Kier alpha value is -2.93. The molecule has 1 atom stereocenters. The molecule has 0 aliphatic rings. The molecule has 0 aliphatic carbocycles. The minimum atomic E-state index is -0.643. The van der Waals surface area contributed by atoms with Gasteiger partial charge in [-0.05, 0) is 68.3 Å². The zero-order valence-electron chi connectivity index (χ0n) is 16.0. The molecule has 28 heavy (non-hydrogen) atoms. The van der Waals surface area contributed by atoms with Gasteiger partial charge in [-0.3, -0.25) is 10.4 Å². The molecular weight excluding hydrogens is 365 g/mol. The van der Waals surface area contributed by atoms with Crippen LogP contribution in [0.3, 0.4) is 0 Å². The van der Waals surface area contributed by atoms with Gasteiger partial charge in [0.2, 0.25) is 0 Å². The topological polar surface area (TPSA) is 74.3 Å². The summed E-state index contributed by atoms with van der Waals surface area (Å²) in [6.07, 6.45) is 1.92. The molecule has 0 aromatic heterocycles. The zero-order valence-corrected chi connectivity index (χ0v) is 16.0. The fourth-order valence-corrected chi connectivity index (χ4v) is 3.00. The van der Waals surface area contributed by atoms with Crippen LogP contribution in [0.4, 0.5) is 13.2 Å². The van der Waals surface area contributed by atoms with Gasteiger partial charge in [-0.2, -0.15) is 0 Å². The van der Waals surface area contributed by atoms with Crippen molar-refractivity contribution < 1.29 is 13.2 Å². The molecule has 2 rings (SSSR count). The lowest BCUT2D eigenvalue weighted by atomic mass is 9.95. The molecule has 0 fully saturated rings. The Morgan fingerprint density at radius 3 is 2.36 bits per heavy atom. The first-order chi connectivity index (χ1) is 13.3. The molecule has 0 amide bonds. The maximum atomic E-state index is 13.9. The van der Waals surface area contributed by atoms with E-state index in [2.05, 4.69) is 10.3 Å². The number of allylic oxidation sites excluding steroid dienone is 1. The lowest BCUT2D eigenvalue weighted by Gasteiger charge is -2.20. The van der Waals surface area contributed by atoms with E-state index >= 15 is 0 Å². The summed E-state index contributed by atoms with van der Waals surface area (Å²) in [6.45, 7) is 3.57. The largest absolute Gasteiger partial charge is 0.384 e. The molecule has 2 aromatic carbocycles. The highest BCUT2D eigenvalue weighted by Gasteiger charge is 2.18. The molecule has 0 radical (unpaired) electrons. The first kappa shape index (κ1) is 21.4. The van der Waals surface area contributed by atoms with E-state index in [9.17, 15) is 13.2 Å². The van der Waals surface area contributed by atoms with Crippen LogP contribution in [0.2, 0.25) is 0 Å². The Bertz CT molecular complexity index is 915. The fraction of sp³-hybridized carbons (Fsp3) is 0.238. The van der Waals surface area contributed by atoms with Crippen LogP contribution in [0.1, 0.15) is 30.5 Å². The molecule has 0 heterocycles. The number of nitrogen functional groups attached to an aromatic ring is 1. The second-order valence-electron chi connectivity index (χ2n) is 6.33. The average molecular weight is 388 g/mol. The number of benzene rings is 2. The molecule has 148 valence electrons. The number of aliphatic imine (C=N–C) groups is 1. The van der Waals surface area contributed by atoms with Crippen molar-refractivity contribution in [3.05, 3.63) is 76.2 Å². The Kier molecular flexibility index (Phi) is 7.12. The van der Waals surface area contributed by atoms with E-state index < -0.39 is 17.5 Å². The fourth-order valence-electron chi connectivity index (χ4n) is 3.00. The quantitative estimate of drug-likeness (QED) is 0.495. The van der Waals surface area contributed by atoms with E-state index in [-0.39, 0.29) is 17.4 Å². The standard InChI is InChI=1S/C21H23F3N4/c1-4-28-20(12(2)14-5-6-18(24)17(10-14)21(25)26)19(27-3)9-13-7-15(22)11-16(23)8-13/h4-8,10-11,19,27H,9H2,1-3H3,(H3,25,26). The van der Waals surface area contributed by atoms with Gasteiger partial charge in [0, 0.05) is 12.3 Å². The van der Waals surface area contributed by atoms with Crippen molar-refractivity contribution >= 4 is 17.6 Å². The summed E-state index contributed by atoms with van der Waals surface area (Å²) >= 11 is 0. The Morgan fingerprint density at radius 1 is 1.18 bits per heavy atom. The summed E-state index contributed by atoms with van der Waals surface area (Å²) in [5.41, 5.74) is 7.96. The monoisotopic (exact) mass is 388 g/mol. The van der Waals surface area contributed by atoms with Crippen LogP contribution in [-0.2, 0) is 6.42 Å². The highest BCUT2D eigenvalue weighted by Crippen LogP contribution is 2.25. The van der Waals surface area contributed by atoms with Crippen molar-refractivity contribution in [1.82, 2.24) is 5.32 Å². The minimum Gasteiger partial charge on any atom is -0.384 e. The van der Waals surface area contributed by atoms with Gasteiger partial charge in [0.05, 0.1) is 17.3 Å². The van der Waals surface area contributed by atoms with Gasteiger partial charge in [-0.1, -0.05) is 6.07 Å². The predicted molar refractivity (Wildman–Crippen MR) is 107 cm³/mol. The number of halogens is 3. The van der Waals surface area contributed by atoms with Crippen LogP contribution in [0.5, 0.6) is 0 Å². The smallest absolute Gasteiger partial charge is 0.134 e. The molecular formula is C21H23F3N4. The van der Waals surface area contributed by atoms with Gasteiger partial charge >= 0.3 is 0 Å². The van der Waals surface area contributed by atoms with Crippen molar-refractivity contribution in [2.45, 2.75) is 26.3 Å². The SMILES string of the molecule is CC=NC(=C(C)c1ccc(F)c(C(=N)N)c1)C(Cc1cc(F)cc(F)c1)NC. The van der Waals surface area contributed by atoms with Gasteiger partial charge in [0.25, 0.3) is 0 Å². The van der Waals surface area contributed by atoms with Gasteiger partial charge in [-0.25, -0.2) is 13.2 Å². The second kappa shape index (κ2) is 9.32. The van der Waals surface area contributed by atoms with Gasteiger partial charge < -0.3 is 11.1 Å². The lowest BCUT2D eigenvalue weighted by molar-refractivity contribution is 0.571. The second-order valence-corrected chi connectivity index (χ2v) is 6.33. The number of nitrogens with one attached hydrogen (secondary N) is 2. The number of nitrogens with zero attached hydrogens (tertiary/aromatic N) is 1. The number of rotatable bonds is 7. The van der Waals surface area contributed by atoms with E-state index in [1.165, 1.54) is 24.3 Å². The maximum Gasteiger partial charge on any atom is 0.134 e. The van der Waals surface area contributed by atoms with Gasteiger partial charge in [-0.15, -0.1) is 0 Å². The van der Waals surface area contributed by atoms with E-state index in [1.54, 1.807) is 26.3 Å². The maximum absolute atomic E-state index is 13.9. The number of hydrogen-bond donors (Lipinski definition) is 3. The molecule has 0 bridgehead atoms. The summed E-state index contributed by atoms with van der Waals surface area (Å²) in [7, 11) is 1.73. The van der Waals surface area contributed by atoms with Crippen LogP contribution in [0.25, 0.3) is 5.57 Å².